The number of aliphatic imine (C=N–C) groups is 1. The van der Waals surface area contributed by atoms with E-state index in [0.717, 1.165) is 16.5 Å². The van der Waals surface area contributed by atoms with Crippen LogP contribution < -0.4 is 5.32 Å². The van der Waals surface area contributed by atoms with Crippen molar-refractivity contribution < 1.29 is 14.3 Å². The predicted molar refractivity (Wildman–Crippen MR) is 125 cm³/mol. The lowest BCUT2D eigenvalue weighted by atomic mass is 9.95. The Balaban J connectivity index is 1.57. The minimum Gasteiger partial charge on any atom is -0.379 e. The molecule has 0 spiro atoms. The molecule has 158 valence electrons. The molecule has 3 rings (SSSR count). The van der Waals surface area contributed by atoms with E-state index in [4.69, 9.17) is 17.0 Å². The summed E-state index contributed by atoms with van der Waals surface area (Å²) >= 11 is 8.74. The van der Waals surface area contributed by atoms with Crippen LogP contribution in [0.2, 0.25) is 0 Å². The SMILES string of the molecule is CC(C)OCCCNC(=O)c1ccc(CN2C(=O)C3C=C(Br)C=CC3=NC2=S)cc1. The van der Waals surface area contributed by atoms with Crippen LogP contribution in [0.5, 0.6) is 0 Å². The normalized spacial score (nSPS) is 18.3. The number of allylic oxidation sites excluding steroid dienone is 3. The fourth-order valence-corrected chi connectivity index (χ4v) is 3.75. The van der Waals surface area contributed by atoms with Gasteiger partial charge in [-0.25, -0.2) is 4.99 Å². The summed E-state index contributed by atoms with van der Waals surface area (Å²) in [7, 11) is 0. The lowest BCUT2D eigenvalue weighted by Gasteiger charge is -2.30. The van der Waals surface area contributed by atoms with E-state index < -0.39 is 5.92 Å². The smallest absolute Gasteiger partial charge is 0.251 e. The molecule has 1 heterocycles. The molecule has 1 atom stereocenters. The molecule has 1 unspecified atom stereocenters. The third-order valence-corrected chi connectivity index (χ3v) is 5.50. The first-order valence-electron chi connectivity index (χ1n) is 9.83. The van der Waals surface area contributed by atoms with Crippen LogP contribution in [0.1, 0.15) is 36.2 Å². The summed E-state index contributed by atoms with van der Waals surface area (Å²) in [4.78, 5) is 31.1. The lowest BCUT2D eigenvalue weighted by molar-refractivity contribution is -0.128. The molecular weight excluding hydrogens is 466 g/mol. The standard InChI is InChI=1S/C22H24BrN3O3S/c1-14(2)29-11-3-10-24-20(27)16-6-4-15(5-7-16)13-26-21(28)18-12-17(23)8-9-19(18)25-22(26)30/h4-9,12,14,18H,3,10-11,13H2,1-2H3,(H,24,27). The zero-order valence-electron chi connectivity index (χ0n) is 16.9. The highest BCUT2D eigenvalue weighted by Gasteiger charge is 2.34. The molecule has 0 bridgehead atoms. The number of carbonyl (C=O) groups excluding carboxylic acids is 2. The minimum absolute atomic E-state index is 0.100. The molecule has 1 aromatic rings. The van der Waals surface area contributed by atoms with Gasteiger partial charge >= 0.3 is 0 Å². The van der Waals surface area contributed by atoms with E-state index in [9.17, 15) is 9.59 Å². The Labute approximate surface area is 190 Å². The van der Waals surface area contributed by atoms with Crippen LogP contribution in [0.15, 0.2) is 52.0 Å². The molecule has 1 aromatic carbocycles. The number of hydrogen-bond donors (Lipinski definition) is 1. The second-order valence-corrected chi connectivity index (χ2v) is 8.61. The summed E-state index contributed by atoms with van der Waals surface area (Å²) in [5.41, 5.74) is 2.11. The van der Waals surface area contributed by atoms with E-state index in [-0.39, 0.29) is 23.0 Å². The quantitative estimate of drug-likeness (QED) is 0.445. The third-order valence-electron chi connectivity index (χ3n) is 4.66. The second-order valence-electron chi connectivity index (χ2n) is 7.33. The number of thiocarbonyl (C=S) groups is 1. The highest BCUT2D eigenvalue weighted by Crippen LogP contribution is 2.26. The van der Waals surface area contributed by atoms with E-state index in [0.29, 0.717) is 31.0 Å². The Morgan fingerprint density at radius 3 is 2.73 bits per heavy atom. The zero-order chi connectivity index (χ0) is 21.7. The van der Waals surface area contributed by atoms with Crippen LogP contribution in [0.25, 0.3) is 0 Å². The molecule has 2 aliphatic rings. The van der Waals surface area contributed by atoms with Gasteiger partial charge in [-0.3, -0.25) is 14.5 Å². The second kappa shape index (κ2) is 10.2. The predicted octanol–water partition coefficient (Wildman–Crippen LogP) is 3.76. The van der Waals surface area contributed by atoms with E-state index in [1.807, 2.05) is 38.1 Å². The van der Waals surface area contributed by atoms with Gasteiger partial charge in [0.2, 0.25) is 11.0 Å². The average Bonchev–Trinajstić information content (AvgIpc) is 2.71. The molecule has 0 fully saturated rings. The molecule has 1 aliphatic heterocycles. The monoisotopic (exact) mass is 489 g/mol. The first-order chi connectivity index (χ1) is 14.3. The van der Waals surface area contributed by atoms with Crippen molar-refractivity contribution in [2.75, 3.05) is 13.2 Å². The number of ether oxygens (including phenoxy) is 1. The van der Waals surface area contributed by atoms with Crippen molar-refractivity contribution in [1.29, 1.82) is 0 Å². The first-order valence-corrected chi connectivity index (χ1v) is 11.0. The number of rotatable bonds is 8. The van der Waals surface area contributed by atoms with Gasteiger partial charge in [0.05, 0.1) is 18.4 Å². The van der Waals surface area contributed by atoms with Crippen LogP contribution in [0.4, 0.5) is 0 Å². The Hall–Kier alpha value is -2.16. The highest BCUT2D eigenvalue weighted by molar-refractivity contribution is 9.11. The Morgan fingerprint density at radius 2 is 2.03 bits per heavy atom. The van der Waals surface area contributed by atoms with Crippen LogP contribution in [0, 0.1) is 5.92 Å². The molecule has 0 aromatic heterocycles. The maximum Gasteiger partial charge on any atom is 0.251 e. The van der Waals surface area contributed by atoms with Gasteiger partial charge in [0, 0.05) is 23.2 Å². The molecule has 8 heteroatoms. The summed E-state index contributed by atoms with van der Waals surface area (Å²) in [6.07, 6.45) is 6.44. The van der Waals surface area contributed by atoms with Gasteiger partial charge in [-0.05, 0) is 62.3 Å². The third kappa shape index (κ3) is 5.71. The van der Waals surface area contributed by atoms with Crippen molar-refractivity contribution in [3.05, 3.63) is 58.1 Å². The van der Waals surface area contributed by atoms with Crippen molar-refractivity contribution in [3.8, 4) is 0 Å². The molecule has 1 aliphatic carbocycles. The van der Waals surface area contributed by atoms with Crippen LogP contribution >= 0.6 is 28.1 Å². The number of halogens is 1. The van der Waals surface area contributed by atoms with Gasteiger partial charge < -0.3 is 10.1 Å². The number of benzene rings is 1. The molecule has 30 heavy (non-hydrogen) atoms. The maximum atomic E-state index is 12.9. The Kier molecular flexibility index (Phi) is 7.69. The molecule has 0 saturated heterocycles. The molecule has 0 saturated carbocycles. The van der Waals surface area contributed by atoms with Gasteiger partial charge in [0.15, 0.2) is 0 Å². The van der Waals surface area contributed by atoms with E-state index in [2.05, 4.69) is 26.2 Å². The van der Waals surface area contributed by atoms with Crippen molar-refractivity contribution in [1.82, 2.24) is 10.2 Å². The van der Waals surface area contributed by atoms with Crippen LogP contribution in [0.3, 0.4) is 0 Å². The number of amides is 2. The molecular formula is C22H24BrN3O3S. The topological polar surface area (TPSA) is 71.0 Å². The van der Waals surface area contributed by atoms with Gasteiger partial charge in [-0.15, -0.1) is 0 Å². The van der Waals surface area contributed by atoms with Crippen LogP contribution in [-0.2, 0) is 16.1 Å². The van der Waals surface area contributed by atoms with Gasteiger partial charge in [0.25, 0.3) is 5.91 Å². The molecule has 6 nitrogen and oxygen atoms in total. The number of hydrogen-bond acceptors (Lipinski definition) is 4. The highest BCUT2D eigenvalue weighted by atomic mass is 79.9. The van der Waals surface area contributed by atoms with Crippen LogP contribution in [-0.4, -0.2) is 46.8 Å². The average molecular weight is 490 g/mol. The minimum atomic E-state index is -0.430. The first kappa shape index (κ1) is 22.5. The largest absolute Gasteiger partial charge is 0.379 e. The number of fused-ring (bicyclic) bond motifs is 1. The van der Waals surface area contributed by atoms with E-state index in [1.165, 1.54) is 4.90 Å². The lowest BCUT2D eigenvalue weighted by Crippen LogP contribution is -2.45. The Morgan fingerprint density at radius 1 is 1.30 bits per heavy atom. The van der Waals surface area contributed by atoms with Gasteiger partial charge in [-0.1, -0.05) is 34.1 Å². The molecule has 1 N–H and O–H groups in total. The van der Waals surface area contributed by atoms with Crippen molar-refractivity contribution >= 4 is 50.8 Å². The van der Waals surface area contributed by atoms with Crippen molar-refractivity contribution in [2.24, 2.45) is 10.9 Å². The summed E-state index contributed by atoms with van der Waals surface area (Å²) in [6.45, 7) is 5.46. The summed E-state index contributed by atoms with van der Waals surface area (Å²) in [5, 5.41) is 3.14. The van der Waals surface area contributed by atoms with Gasteiger partial charge in [-0.2, -0.15) is 0 Å². The number of carbonyl (C=O) groups is 2. The molecule has 0 radical (unpaired) electrons. The van der Waals surface area contributed by atoms with E-state index in [1.54, 1.807) is 18.2 Å². The number of nitrogens with one attached hydrogen (secondary N) is 1. The summed E-state index contributed by atoms with van der Waals surface area (Å²) in [6, 6.07) is 7.17. The Bertz CT molecular complexity index is 922. The number of nitrogens with zero attached hydrogens (tertiary/aromatic N) is 2. The van der Waals surface area contributed by atoms with Crippen molar-refractivity contribution in [2.45, 2.75) is 32.9 Å². The van der Waals surface area contributed by atoms with Crippen molar-refractivity contribution in [3.63, 3.8) is 0 Å². The fraction of sp³-hybridized carbons (Fsp3) is 0.364. The molecule has 2 amide bonds. The maximum absolute atomic E-state index is 12.9. The summed E-state index contributed by atoms with van der Waals surface area (Å²) < 4.78 is 6.31. The fourth-order valence-electron chi connectivity index (χ4n) is 3.09. The van der Waals surface area contributed by atoms with E-state index >= 15 is 0 Å². The summed E-state index contributed by atoms with van der Waals surface area (Å²) in [5.74, 6) is -0.661. The van der Waals surface area contributed by atoms with Gasteiger partial charge in [0.1, 0.15) is 5.92 Å². The zero-order valence-corrected chi connectivity index (χ0v) is 19.3.